The van der Waals surface area contributed by atoms with Gasteiger partial charge in [-0.15, -0.1) is 0 Å². The highest BCUT2D eigenvalue weighted by Gasteiger charge is 2.25. The zero-order valence-corrected chi connectivity index (χ0v) is 27.2. The maximum atomic E-state index is 10.8. The van der Waals surface area contributed by atoms with Gasteiger partial charge in [0.05, 0.1) is 27.8 Å². The van der Waals surface area contributed by atoms with Gasteiger partial charge in [-0.05, 0) is 52.1 Å². The second-order valence-electron chi connectivity index (χ2n) is 12.7. The van der Waals surface area contributed by atoms with Gasteiger partial charge in [-0.1, -0.05) is 133 Å². The maximum Gasteiger partial charge on any atom is 0.101 e. The van der Waals surface area contributed by atoms with Gasteiger partial charge in [-0.25, -0.2) is 0 Å². The van der Waals surface area contributed by atoms with Gasteiger partial charge >= 0.3 is 0 Å². The molecule has 0 N–H and O–H groups in total. The monoisotopic (exact) mass is 638 g/mol. The average molecular weight is 639 g/mol. The molecule has 0 bridgehead atoms. The van der Waals surface area contributed by atoms with E-state index in [0.717, 1.165) is 61.9 Å². The Morgan fingerprint density at radius 2 is 1.04 bits per heavy atom. The van der Waals surface area contributed by atoms with Gasteiger partial charge in [0.15, 0.2) is 0 Å². The van der Waals surface area contributed by atoms with Crippen molar-refractivity contribution in [1.29, 1.82) is 10.5 Å². The fraction of sp³-hybridized carbons (Fsp3) is 0.0435. The molecule has 234 valence electrons. The molecule has 0 fully saturated rings. The van der Waals surface area contributed by atoms with E-state index >= 15 is 0 Å². The van der Waals surface area contributed by atoms with E-state index < -0.39 is 0 Å². The Labute approximate surface area is 290 Å². The minimum atomic E-state index is 0.585. The molecule has 2 heterocycles. The molecule has 8 aromatic rings. The van der Waals surface area contributed by atoms with Crippen LogP contribution in [0.1, 0.15) is 22.3 Å². The van der Waals surface area contributed by atoms with Crippen LogP contribution in [0, 0.1) is 22.7 Å². The van der Waals surface area contributed by atoms with Gasteiger partial charge in [-0.2, -0.15) is 10.5 Å². The average Bonchev–Trinajstić information content (AvgIpc) is 3.51. The summed E-state index contributed by atoms with van der Waals surface area (Å²) >= 11 is 0. The van der Waals surface area contributed by atoms with Crippen LogP contribution in [0.25, 0.3) is 60.9 Å². The van der Waals surface area contributed by atoms with Crippen LogP contribution in [-0.4, -0.2) is 4.57 Å². The largest absolute Gasteiger partial charge is 0.362 e. The van der Waals surface area contributed by atoms with Crippen LogP contribution in [-0.2, 0) is 13.1 Å². The van der Waals surface area contributed by atoms with Crippen LogP contribution in [0.2, 0.25) is 0 Å². The number of nitrogens with zero attached hydrogens (tertiary/aromatic N) is 4. The quantitative estimate of drug-likeness (QED) is 0.188. The number of para-hydroxylation sites is 4. The lowest BCUT2D eigenvalue weighted by molar-refractivity contribution is 0.791. The fourth-order valence-corrected chi connectivity index (χ4v) is 7.83. The standard InChI is InChI=1S/C46H30N4/c47-27-31-14-11-23-41(46(31)50-44-25-9-6-20-39(44)40-21-7-10-26-45(40)50)36-18-4-3-17-35(36)37-22-12-15-33(42(37)28-48)30-49-29-32-13-1-2-16-34(32)38-19-5-8-24-43(38)49/h1-26H,29-30H2. The number of nitriles is 2. The third-order valence-electron chi connectivity index (χ3n) is 10.0. The number of rotatable bonds is 5. The number of hydrogen-bond acceptors (Lipinski definition) is 3. The molecule has 0 amide bonds. The summed E-state index contributed by atoms with van der Waals surface area (Å²) in [5.74, 6) is 0. The van der Waals surface area contributed by atoms with Crippen molar-refractivity contribution in [2.24, 2.45) is 0 Å². The minimum Gasteiger partial charge on any atom is -0.362 e. The van der Waals surface area contributed by atoms with Crippen LogP contribution in [0.15, 0.2) is 158 Å². The maximum absolute atomic E-state index is 10.8. The smallest absolute Gasteiger partial charge is 0.101 e. The van der Waals surface area contributed by atoms with Gasteiger partial charge in [0.25, 0.3) is 0 Å². The zero-order valence-electron chi connectivity index (χ0n) is 27.2. The molecule has 50 heavy (non-hydrogen) atoms. The van der Waals surface area contributed by atoms with Gasteiger partial charge in [0.2, 0.25) is 0 Å². The molecule has 1 aliphatic rings. The molecule has 0 saturated heterocycles. The van der Waals surface area contributed by atoms with Gasteiger partial charge in [0, 0.05) is 46.2 Å². The first-order chi connectivity index (χ1) is 24.7. The SMILES string of the molecule is N#Cc1cccc(-c2ccccc2-c2cccc(CN3Cc4ccccc4-c4ccccc43)c2C#N)c1-n1c2ccccc2c2ccccc21. The van der Waals surface area contributed by atoms with Crippen molar-refractivity contribution in [3.63, 3.8) is 0 Å². The Hall–Kier alpha value is -6.88. The van der Waals surface area contributed by atoms with Crippen molar-refractivity contribution in [2.75, 3.05) is 4.90 Å². The lowest BCUT2D eigenvalue weighted by Crippen LogP contribution is -2.26. The Morgan fingerprint density at radius 1 is 0.480 bits per heavy atom. The Balaban J connectivity index is 1.21. The first-order valence-electron chi connectivity index (χ1n) is 16.8. The molecule has 0 aliphatic carbocycles. The summed E-state index contributed by atoms with van der Waals surface area (Å²) in [6, 6.07) is 59.3. The van der Waals surface area contributed by atoms with E-state index in [4.69, 9.17) is 0 Å². The van der Waals surface area contributed by atoms with E-state index in [1.165, 1.54) is 22.4 Å². The van der Waals surface area contributed by atoms with Crippen LogP contribution in [0.3, 0.4) is 0 Å². The van der Waals surface area contributed by atoms with Gasteiger partial charge in [0.1, 0.15) is 12.1 Å². The molecule has 7 aromatic carbocycles. The third kappa shape index (κ3) is 4.59. The number of aromatic nitrogens is 1. The van der Waals surface area contributed by atoms with E-state index in [-0.39, 0.29) is 0 Å². The molecule has 4 nitrogen and oxygen atoms in total. The molecule has 0 radical (unpaired) electrons. The van der Waals surface area contributed by atoms with E-state index in [0.29, 0.717) is 17.7 Å². The summed E-state index contributed by atoms with van der Waals surface area (Å²) in [6.45, 7) is 1.36. The molecule has 1 aromatic heterocycles. The van der Waals surface area contributed by atoms with Crippen LogP contribution in [0.4, 0.5) is 5.69 Å². The van der Waals surface area contributed by atoms with E-state index in [2.05, 4.69) is 143 Å². The van der Waals surface area contributed by atoms with Crippen molar-refractivity contribution in [3.8, 4) is 51.2 Å². The Morgan fingerprint density at radius 3 is 1.76 bits per heavy atom. The molecule has 0 unspecified atom stereocenters. The molecule has 1 aliphatic heterocycles. The predicted molar refractivity (Wildman–Crippen MR) is 203 cm³/mol. The van der Waals surface area contributed by atoms with Crippen molar-refractivity contribution in [2.45, 2.75) is 13.1 Å². The van der Waals surface area contributed by atoms with Crippen LogP contribution >= 0.6 is 0 Å². The molecule has 9 rings (SSSR count). The molecular weight excluding hydrogens is 609 g/mol. The first-order valence-corrected chi connectivity index (χ1v) is 16.8. The van der Waals surface area contributed by atoms with Crippen molar-refractivity contribution in [1.82, 2.24) is 4.57 Å². The Bertz CT molecular complexity index is 2650. The molecule has 4 heteroatoms. The second kappa shape index (κ2) is 12.0. The van der Waals surface area contributed by atoms with Crippen molar-refractivity contribution in [3.05, 3.63) is 180 Å². The topological polar surface area (TPSA) is 55.8 Å². The number of benzene rings is 7. The summed E-state index contributed by atoms with van der Waals surface area (Å²) in [7, 11) is 0. The zero-order chi connectivity index (χ0) is 33.6. The molecule has 0 spiro atoms. The van der Waals surface area contributed by atoms with Crippen LogP contribution in [0.5, 0.6) is 0 Å². The Kier molecular flexibility index (Phi) is 7.01. The van der Waals surface area contributed by atoms with E-state index in [1.807, 2.05) is 36.4 Å². The minimum absolute atomic E-state index is 0.585. The molecule has 0 saturated carbocycles. The lowest BCUT2D eigenvalue weighted by atomic mass is 9.88. The summed E-state index contributed by atoms with van der Waals surface area (Å²) in [4.78, 5) is 2.38. The van der Waals surface area contributed by atoms with Gasteiger partial charge < -0.3 is 9.47 Å². The number of hydrogen-bond donors (Lipinski definition) is 0. The highest BCUT2D eigenvalue weighted by atomic mass is 15.1. The summed E-state index contributed by atoms with van der Waals surface area (Å²) in [5.41, 5.74) is 13.8. The number of anilines is 1. The lowest BCUT2D eigenvalue weighted by Gasteiger charge is -2.33. The molecule has 0 atom stereocenters. The highest BCUT2D eigenvalue weighted by molar-refractivity contribution is 6.10. The predicted octanol–water partition coefficient (Wildman–Crippen LogP) is 11.0. The third-order valence-corrected chi connectivity index (χ3v) is 10.0. The normalized spacial score (nSPS) is 11.9. The first kappa shape index (κ1) is 29.3. The van der Waals surface area contributed by atoms with Gasteiger partial charge in [-0.3, -0.25) is 0 Å². The highest BCUT2D eigenvalue weighted by Crippen LogP contribution is 2.43. The number of fused-ring (bicyclic) bond motifs is 6. The van der Waals surface area contributed by atoms with E-state index in [9.17, 15) is 10.5 Å². The molecular formula is C46H30N4. The summed E-state index contributed by atoms with van der Waals surface area (Å²) < 4.78 is 2.22. The van der Waals surface area contributed by atoms with Crippen molar-refractivity contribution >= 4 is 27.5 Å². The second-order valence-corrected chi connectivity index (χ2v) is 12.7. The summed E-state index contributed by atoms with van der Waals surface area (Å²) in [5, 5.41) is 23.6. The van der Waals surface area contributed by atoms with Crippen LogP contribution < -0.4 is 4.90 Å². The van der Waals surface area contributed by atoms with Crippen molar-refractivity contribution < 1.29 is 0 Å². The van der Waals surface area contributed by atoms with E-state index in [1.54, 1.807) is 0 Å². The summed E-state index contributed by atoms with van der Waals surface area (Å²) in [6.07, 6.45) is 0. The fourth-order valence-electron chi connectivity index (χ4n) is 7.83.